The lowest BCUT2D eigenvalue weighted by Crippen LogP contribution is -2.75. The number of piperazine rings is 1. The summed E-state index contributed by atoms with van der Waals surface area (Å²) in [7, 11) is 0. The summed E-state index contributed by atoms with van der Waals surface area (Å²) in [6, 6.07) is 0. The Morgan fingerprint density at radius 2 is 1.63 bits per heavy atom. The normalized spacial score (nSPS) is 25.5. The van der Waals surface area contributed by atoms with E-state index in [0.717, 1.165) is 25.7 Å². The Labute approximate surface area is 115 Å². The molecule has 0 unspecified atom stereocenters. The van der Waals surface area contributed by atoms with Crippen molar-refractivity contribution >= 4 is 11.8 Å². The van der Waals surface area contributed by atoms with Crippen LogP contribution in [0.1, 0.15) is 65.7 Å². The summed E-state index contributed by atoms with van der Waals surface area (Å²) in [6.45, 7) is 6.58. The SMILES string of the molecule is CCN1C(=O)C(CC)(CC)NC(=O)C12CCCCC2. The van der Waals surface area contributed by atoms with Gasteiger partial charge in [-0.2, -0.15) is 0 Å². The number of amides is 2. The molecule has 2 fully saturated rings. The second-order valence-corrected chi connectivity index (χ2v) is 5.88. The average Bonchev–Trinajstić information content (AvgIpc) is 2.45. The van der Waals surface area contributed by atoms with Crippen molar-refractivity contribution in [3.63, 3.8) is 0 Å². The monoisotopic (exact) mass is 266 g/mol. The molecule has 108 valence electrons. The van der Waals surface area contributed by atoms with E-state index in [1.54, 1.807) is 0 Å². The van der Waals surface area contributed by atoms with Crippen LogP contribution >= 0.6 is 0 Å². The Balaban J connectivity index is 2.39. The van der Waals surface area contributed by atoms with Gasteiger partial charge in [0.25, 0.3) is 0 Å². The van der Waals surface area contributed by atoms with E-state index in [2.05, 4.69) is 5.32 Å². The molecule has 1 aliphatic heterocycles. The second-order valence-electron chi connectivity index (χ2n) is 5.88. The molecule has 0 atom stereocenters. The first kappa shape index (κ1) is 14.4. The zero-order valence-electron chi connectivity index (χ0n) is 12.4. The van der Waals surface area contributed by atoms with Crippen molar-refractivity contribution in [3.05, 3.63) is 0 Å². The van der Waals surface area contributed by atoms with Crippen molar-refractivity contribution in [2.24, 2.45) is 0 Å². The quantitative estimate of drug-likeness (QED) is 0.851. The topological polar surface area (TPSA) is 49.4 Å². The number of carbonyl (C=O) groups excluding carboxylic acids is 2. The van der Waals surface area contributed by atoms with Crippen LogP contribution in [0, 0.1) is 0 Å². The van der Waals surface area contributed by atoms with Gasteiger partial charge in [0.2, 0.25) is 11.8 Å². The maximum Gasteiger partial charge on any atom is 0.249 e. The van der Waals surface area contributed by atoms with E-state index in [9.17, 15) is 9.59 Å². The number of nitrogens with one attached hydrogen (secondary N) is 1. The minimum Gasteiger partial charge on any atom is -0.340 e. The maximum absolute atomic E-state index is 12.9. The molecule has 19 heavy (non-hydrogen) atoms. The van der Waals surface area contributed by atoms with Gasteiger partial charge < -0.3 is 10.2 Å². The van der Waals surface area contributed by atoms with Crippen molar-refractivity contribution < 1.29 is 9.59 Å². The summed E-state index contributed by atoms with van der Waals surface area (Å²) in [6.07, 6.45) is 6.24. The first-order valence-corrected chi connectivity index (χ1v) is 7.71. The molecule has 0 radical (unpaired) electrons. The third kappa shape index (κ3) is 1.96. The fourth-order valence-electron chi connectivity index (χ4n) is 3.77. The predicted molar refractivity (Wildman–Crippen MR) is 74.7 cm³/mol. The highest BCUT2D eigenvalue weighted by atomic mass is 16.2. The molecule has 0 aromatic rings. The van der Waals surface area contributed by atoms with Gasteiger partial charge >= 0.3 is 0 Å². The van der Waals surface area contributed by atoms with E-state index in [-0.39, 0.29) is 11.8 Å². The molecule has 4 nitrogen and oxygen atoms in total. The molecule has 2 amide bonds. The molecule has 0 bridgehead atoms. The molecular weight excluding hydrogens is 240 g/mol. The Morgan fingerprint density at radius 3 is 2.11 bits per heavy atom. The van der Waals surface area contributed by atoms with Gasteiger partial charge in [-0.15, -0.1) is 0 Å². The fourth-order valence-corrected chi connectivity index (χ4v) is 3.77. The largest absolute Gasteiger partial charge is 0.340 e. The number of hydrogen-bond acceptors (Lipinski definition) is 2. The second kappa shape index (κ2) is 5.14. The van der Waals surface area contributed by atoms with Crippen molar-refractivity contribution in [1.29, 1.82) is 0 Å². The van der Waals surface area contributed by atoms with Crippen LogP contribution < -0.4 is 5.32 Å². The summed E-state index contributed by atoms with van der Waals surface area (Å²) in [5, 5.41) is 3.07. The Bertz CT molecular complexity index is 368. The highest BCUT2D eigenvalue weighted by Gasteiger charge is 2.56. The molecule has 0 aromatic heterocycles. The number of carbonyl (C=O) groups is 2. The van der Waals surface area contributed by atoms with Gasteiger partial charge in [-0.1, -0.05) is 33.1 Å². The standard InChI is InChI=1S/C15H26N2O2/c1-4-14(5-2)13(19)17(6-3)15(12(18)16-14)10-8-7-9-11-15/h4-11H2,1-3H3,(H,16,18). The minimum atomic E-state index is -0.671. The van der Waals surface area contributed by atoms with Gasteiger partial charge in [0.1, 0.15) is 11.1 Å². The lowest BCUT2D eigenvalue weighted by atomic mass is 9.74. The Morgan fingerprint density at radius 1 is 1.05 bits per heavy atom. The summed E-state index contributed by atoms with van der Waals surface area (Å²) in [5.74, 6) is 0.207. The van der Waals surface area contributed by atoms with Gasteiger partial charge in [0, 0.05) is 6.54 Å². The third-order valence-electron chi connectivity index (χ3n) is 5.15. The van der Waals surface area contributed by atoms with Gasteiger partial charge in [0.05, 0.1) is 0 Å². The molecule has 1 heterocycles. The van der Waals surface area contributed by atoms with E-state index < -0.39 is 11.1 Å². The van der Waals surface area contributed by atoms with Gasteiger partial charge in [-0.3, -0.25) is 9.59 Å². The van der Waals surface area contributed by atoms with Crippen LogP contribution in [-0.4, -0.2) is 34.3 Å². The minimum absolute atomic E-state index is 0.0809. The molecular formula is C15H26N2O2. The van der Waals surface area contributed by atoms with Crippen molar-refractivity contribution in [2.75, 3.05) is 6.54 Å². The van der Waals surface area contributed by atoms with E-state index in [1.165, 1.54) is 6.42 Å². The van der Waals surface area contributed by atoms with Crippen LogP contribution in [0.25, 0.3) is 0 Å². The van der Waals surface area contributed by atoms with Crippen LogP contribution in [0.2, 0.25) is 0 Å². The lowest BCUT2D eigenvalue weighted by Gasteiger charge is -2.53. The zero-order chi connectivity index (χ0) is 14.1. The summed E-state index contributed by atoms with van der Waals surface area (Å²) < 4.78 is 0. The number of nitrogens with zero attached hydrogens (tertiary/aromatic N) is 1. The third-order valence-corrected chi connectivity index (χ3v) is 5.15. The molecule has 2 aliphatic rings. The maximum atomic E-state index is 12.9. The van der Waals surface area contributed by atoms with Gasteiger partial charge in [0.15, 0.2) is 0 Å². The first-order valence-electron chi connectivity index (χ1n) is 7.71. The van der Waals surface area contributed by atoms with Crippen molar-refractivity contribution in [3.8, 4) is 0 Å². The molecule has 0 aromatic carbocycles. The van der Waals surface area contributed by atoms with Crippen LogP contribution in [0.15, 0.2) is 0 Å². The predicted octanol–water partition coefficient (Wildman–Crippen LogP) is 2.23. The number of likely N-dealkylation sites (N-methyl/N-ethyl adjacent to an activating group) is 1. The zero-order valence-corrected chi connectivity index (χ0v) is 12.4. The lowest BCUT2D eigenvalue weighted by molar-refractivity contribution is -0.166. The van der Waals surface area contributed by atoms with E-state index in [0.29, 0.717) is 19.4 Å². The van der Waals surface area contributed by atoms with Crippen LogP contribution in [-0.2, 0) is 9.59 Å². The van der Waals surface area contributed by atoms with E-state index >= 15 is 0 Å². The molecule has 1 saturated carbocycles. The average molecular weight is 266 g/mol. The Hall–Kier alpha value is -1.06. The number of hydrogen-bond donors (Lipinski definition) is 1. The highest BCUT2D eigenvalue weighted by Crippen LogP contribution is 2.39. The van der Waals surface area contributed by atoms with E-state index in [4.69, 9.17) is 0 Å². The van der Waals surface area contributed by atoms with E-state index in [1.807, 2.05) is 25.7 Å². The molecule has 1 N–H and O–H groups in total. The Kier molecular flexibility index (Phi) is 3.88. The van der Waals surface area contributed by atoms with Crippen LogP contribution in [0.5, 0.6) is 0 Å². The van der Waals surface area contributed by atoms with Gasteiger partial charge in [-0.05, 0) is 32.6 Å². The molecule has 1 saturated heterocycles. The molecule has 1 aliphatic carbocycles. The highest BCUT2D eigenvalue weighted by molar-refractivity contribution is 6.02. The van der Waals surface area contributed by atoms with Gasteiger partial charge in [-0.25, -0.2) is 0 Å². The molecule has 1 spiro atoms. The van der Waals surface area contributed by atoms with Crippen LogP contribution in [0.3, 0.4) is 0 Å². The summed E-state index contributed by atoms with van der Waals surface area (Å²) in [4.78, 5) is 27.5. The van der Waals surface area contributed by atoms with Crippen molar-refractivity contribution in [2.45, 2.75) is 76.8 Å². The summed E-state index contributed by atoms with van der Waals surface area (Å²) in [5.41, 5.74) is -1.23. The first-order chi connectivity index (χ1) is 9.06. The van der Waals surface area contributed by atoms with Crippen molar-refractivity contribution in [1.82, 2.24) is 10.2 Å². The fraction of sp³-hybridized carbons (Fsp3) is 0.867. The molecule has 4 heteroatoms. The van der Waals surface area contributed by atoms with Crippen LogP contribution in [0.4, 0.5) is 0 Å². The smallest absolute Gasteiger partial charge is 0.249 e. The number of rotatable bonds is 3. The molecule has 2 rings (SSSR count). The summed E-state index contributed by atoms with van der Waals surface area (Å²) >= 11 is 0.